The summed E-state index contributed by atoms with van der Waals surface area (Å²) < 4.78 is 37.6. The maximum atomic E-state index is 13.3. The van der Waals surface area contributed by atoms with Crippen molar-refractivity contribution in [1.29, 1.82) is 0 Å². The van der Waals surface area contributed by atoms with E-state index in [0.717, 1.165) is 0 Å². The standard InChI is InChI=1S/C23H29N3O6S/c1-4-26(5-2)33(29,30)19-10-11-21(25-12-14-32-15-13-25)20(16-19)22(27)24-18-8-6-17(7-9-18)23(28)31-3/h6-11,16H,4-5,12-15H2,1-3H3,(H,24,27). The van der Waals surface area contributed by atoms with E-state index in [2.05, 4.69) is 10.1 Å². The number of hydrogen-bond donors (Lipinski definition) is 1. The first-order valence-corrected chi connectivity index (χ1v) is 12.2. The number of sulfonamides is 1. The molecule has 1 N–H and O–H groups in total. The topological polar surface area (TPSA) is 105 Å². The van der Waals surface area contributed by atoms with Crippen molar-refractivity contribution in [2.45, 2.75) is 18.7 Å². The highest BCUT2D eigenvalue weighted by Crippen LogP contribution is 2.28. The zero-order chi connectivity index (χ0) is 24.0. The minimum Gasteiger partial charge on any atom is -0.465 e. The second kappa shape index (κ2) is 10.8. The number of nitrogens with one attached hydrogen (secondary N) is 1. The van der Waals surface area contributed by atoms with Crippen LogP contribution in [0.1, 0.15) is 34.6 Å². The lowest BCUT2D eigenvalue weighted by Gasteiger charge is -2.30. The van der Waals surface area contributed by atoms with Crippen molar-refractivity contribution < 1.29 is 27.5 Å². The van der Waals surface area contributed by atoms with Gasteiger partial charge in [0.25, 0.3) is 5.91 Å². The summed E-state index contributed by atoms with van der Waals surface area (Å²) in [5.41, 5.74) is 1.72. The molecule has 10 heteroatoms. The normalized spacial score (nSPS) is 14.2. The zero-order valence-corrected chi connectivity index (χ0v) is 19.9. The molecule has 0 bridgehead atoms. The maximum absolute atomic E-state index is 13.3. The van der Waals surface area contributed by atoms with Crippen LogP contribution in [0, 0.1) is 0 Å². The lowest BCUT2D eigenvalue weighted by Crippen LogP contribution is -2.37. The molecular formula is C23H29N3O6S. The third-order valence-electron chi connectivity index (χ3n) is 5.47. The van der Waals surface area contributed by atoms with Gasteiger partial charge in [0.05, 0.1) is 36.3 Å². The van der Waals surface area contributed by atoms with Gasteiger partial charge in [-0.1, -0.05) is 13.8 Å². The van der Waals surface area contributed by atoms with Gasteiger partial charge in [-0.3, -0.25) is 4.79 Å². The third kappa shape index (κ3) is 5.52. The number of nitrogens with zero attached hydrogens (tertiary/aromatic N) is 2. The van der Waals surface area contributed by atoms with Crippen LogP contribution in [0.4, 0.5) is 11.4 Å². The number of esters is 1. The van der Waals surface area contributed by atoms with E-state index < -0.39 is 21.9 Å². The molecule has 1 heterocycles. The van der Waals surface area contributed by atoms with Gasteiger partial charge >= 0.3 is 5.97 Å². The molecule has 2 aromatic carbocycles. The van der Waals surface area contributed by atoms with Crippen molar-refractivity contribution in [1.82, 2.24) is 4.31 Å². The predicted octanol–water partition coefficient (Wildman–Crippen LogP) is 2.59. The first-order valence-electron chi connectivity index (χ1n) is 10.8. The van der Waals surface area contributed by atoms with E-state index in [1.54, 1.807) is 50.2 Å². The summed E-state index contributed by atoms with van der Waals surface area (Å²) in [4.78, 5) is 27.0. The van der Waals surface area contributed by atoms with E-state index in [0.29, 0.717) is 56.3 Å². The lowest BCUT2D eigenvalue weighted by molar-refractivity contribution is 0.0600. The van der Waals surface area contributed by atoms with Crippen LogP contribution in [-0.4, -0.2) is 71.1 Å². The molecule has 1 aliphatic rings. The van der Waals surface area contributed by atoms with Crippen LogP contribution >= 0.6 is 0 Å². The van der Waals surface area contributed by atoms with Crippen LogP contribution in [-0.2, 0) is 19.5 Å². The minimum atomic E-state index is -3.74. The van der Waals surface area contributed by atoms with Crippen LogP contribution in [0.3, 0.4) is 0 Å². The van der Waals surface area contributed by atoms with Crippen LogP contribution in [0.25, 0.3) is 0 Å². The monoisotopic (exact) mass is 475 g/mol. The van der Waals surface area contributed by atoms with Crippen molar-refractivity contribution in [3.8, 4) is 0 Å². The Morgan fingerprint density at radius 2 is 1.70 bits per heavy atom. The molecule has 0 unspecified atom stereocenters. The Bertz CT molecular complexity index is 1090. The number of ether oxygens (including phenoxy) is 2. The summed E-state index contributed by atoms with van der Waals surface area (Å²) in [5.74, 6) is -0.921. The Hall–Kier alpha value is -2.95. The molecule has 0 aromatic heterocycles. The number of amides is 1. The van der Waals surface area contributed by atoms with Gasteiger partial charge in [0, 0.05) is 37.6 Å². The Kier molecular flexibility index (Phi) is 8.06. The number of carbonyl (C=O) groups is 2. The Labute approximate surface area is 194 Å². The number of morpholine rings is 1. The van der Waals surface area contributed by atoms with Gasteiger partial charge in [-0.2, -0.15) is 4.31 Å². The fraction of sp³-hybridized carbons (Fsp3) is 0.391. The molecule has 178 valence electrons. The van der Waals surface area contributed by atoms with Crippen LogP contribution in [0.15, 0.2) is 47.4 Å². The van der Waals surface area contributed by atoms with E-state index in [1.807, 2.05) is 4.90 Å². The van der Waals surface area contributed by atoms with E-state index in [1.165, 1.54) is 17.5 Å². The van der Waals surface area contributed by atoms with E-state index >= 15 is 0 Å². The Morgan fingerprint density at radius 3 is 2.27 bits per heavy atom. The van der Waals surface area contributed by atoms with Crippen molar-refractivity contribution in [3.05, 3.63) is 53.6 Å². The van der Waals surface area contributed by atoms with E-state index in [-0.39, 0.29) is 10.5 Å². The molecule has 0 saturated carbocycles. The number of anilines is 2. The number of rotatable bonds is 8. The van der Waals surface area contributed by atoms with E-state index in [9.17, 15) is 18.0 Å². The van der Waals surface area contributed by atoms with Crippen LogP contribution < -0.4 is 10.2 Å². The Balaban J connectivity index is 1.97. The van der Waals surface area contributed by atoms with Gasteiger partial charge in [0.15, 0.2) is 0 Å². The summed E-state index contributed by atoms with van der Waals surface area (Å²) in [5, 5.41) is 2.80. The van der Waals surface area contributed by atoms with Crippen molar-refractivity contribution in [2.24, 2.45) is 0 Å². The quantitative estimate of drug-likeness (QED) is 0.585. The Morgan fingerprint density at radius 1 is 1.06 bits per heavy atom. The van der Waals surface area contributed by atoms with Gasteiger partial charge in [-0.05, 0) is 42.5 Å². The summed E-state index contributed by atoms with van der Waals surface area (Å²) in [6.45, 7) is 6.44. The maximum Gasteiger partial charge on any atom is 0.337 e. The van der Waals surface area contributed by atoms with Crippen molar-refractivity contribution >= 4 is 33.3 Å². The number of hydrogen-bond acceptors (Lipinski definition) is 7. The molecule has 33 heavy (non-hydrogen) atoms. The highest BCUT2D eigenvalue weighted by atomic mass is 32.2. The van der Waals surface area contributed by atoms with Crippen molar-refractivity contribution in [2.75, 3.05) is 56.7 Å². The molecule has 1 saturated heterocycles. The first-order chi connectivity index (χ1) is 15.8. The fourth-order valence-corrected chi connectivity index (χ4v) is 5.14. The average Bonchev–Trinajstić information content (AvgIpc) is 2.84. The summed E-state index contributed by atoms with van der Waals surface area (Å²) in [6.07, 6.45) is 0. The molecule has 1 amide bonds. The lowest BCUT2D eigenvalue weighted by atomic mass is 10.1. The van der Waals surface area contributed by atoms with Crippen LogP contribution in [0.5, 0.6) is 0 Å². The van der Waals surface area contributed by atoms with Crippen LogP contribution in [0.2, 0.25) is 0 Å². The third-order valence-corrected chi connectivity index (χ3v) is 7.52. The van der Waals surface area contributed by atoms with Gasteiger partial charge in [-0.25, -0.2) is 13.2 Å². The SMILES string of the molecule is CCN(CC)S(=O)(=O)c1ccc(N2CCOCC2)c(C(=O)Nc2ccc(C(=O)OC)cc2)c1. The molecule has 0 spiro atoms. The molecule has 0 radical (unpaired) electrons. The van der Waals surface area contributed by atoms with Gasteiger partial charge in [-0.15, -0.1) is 0 Å². The smallest absolute Gasteiger partial charge is 0.337 e. The molecule has 1 aliphatic heterocycles. The van der Waals surface area contributed by atoms with E-state index in [4.69, 9.17) is 4.74 Å². The number of methoxy groups -OCH3 is 1. The largest absolute Gasteiger partial charge is 0.465 e. The molecule has 3 rings (SSSR count). The molecule has 1 fully saturated rings. The molecular weight excluding hydrogens is 446 g/mol. The average molecular weight is 476 g/mol. The number of benzene rings is 2. The molecule has 0 atom stereocenters. The summed E-state index contributed by atoms with van der Waals surface area (Å²) in [7, 11) is -2.44. The summed E-state index contributed by atoms with van der Waals surface area (Å²) in [6, 6.07) is 10.9. The summed E-state index contributed by atoms with van der Waals surface area (Å²) >= 11 is 0. The predicted molar refractivity (Wildman–Crippen MR) is 125 cm³/mol. The van der Waals surface area contributed by atoms with Gasteiger partial charge < -0.3 is 19.7 Å². The molecule has 0 aliphatic carbocycles. The van der Waals surface area contributed by atoms with Gasteiger partial charge in [0.1, 0.15) is 0 Å². The zero-order valence-electron chi connectivity index (χ0n) is 19.0. The minimum absolute atomic E-state index is 0.0643. The van der Waals surface area contributed by atoms with Gasteiger partial charge in [0.2, 0.25) is 10.0 Å². The fourth-order valence-electron chi connectivity index (χ4n) is 3.66. The second-order valence-electron chi connectivity index (χ2n) is 7.39. The molecule has 9 nitrogen and oxygen atoms in total. The first kappa shape index (κ1) is 24.7. The molecule has 2 aromatic rings. The van der Waals surface area contributed by atoms with Crippen molar-refractivity contribution in [3.63, 3.8) is 0 Å². The second-order valence-corrected chi connectivity index (χ2v) is 9.33. The highest BCUT2D eigenvalue weighted by Gasteiger charge is 2.26. The number of carbonyl (C=O) groups excluding carboxylic acids is 2. The highest BCUT2D eigenvalue weighted by molar-refractivity contribution is 7.89.